The van der Waals surface area contributed by atoms with Crippen LogP contribution >= 0.6 is 0 Å². The monoisotopic (exact) mass is 225 g/mol. The molecular weight excluding hydrogens is 206 g/mol. The molecule has 0 radical (unpaired) electrons. The molecule has 1 heterocycles. The van der Waals surface area contributed by atoms with Crippen LogP contribution < -0.4 is 11.1 Å². The van der Waals surface area contributed by atoms with Crippen LogP contribution in [0.5, 0.6) is 0 Å². The summed E-state index contributed by atoms with van der Waals surface area (Å²) >= 11 is 0. The van der Waals surface area contributed by atoms with E-state index >= 15 is 0 Å². The van der Waals surface area contributed by atoms with E-state index in [1.54, 1.807) is 4.68 Å². The van der Waals surface area contributed by atoms with E-state index in [-0.39, 0.29) is 11.8 Å². The number of aryl methyl sites for hydroxylation is 1. The van der Waals surface area contributed by atoms with Gasteiger partial charge in [0.2, 0.25) is 0 Å². The first kappa shape index (κ1) is 12.5. The van der Waals surface area contributed by atoms with Gasteiger partial charge in [0, 0.05) is 25.7 Å². The average molecular weight is 225 g/mol. The predicted molar refractivity (Wildman–Crippen MR) is 62.4 cm³/mol. The van der Waals surface area contributed by atoms with Crippen molar-refractivity contribution in [1.29, 1.82) is 0 Å². The van der Waals surface area contributed by atoms with Gasteiger partial charge in [-0.1, -0.05) is 12.1 Å². The Morgan fingerprint density at radius 2 is 2.50 bits per heavy atom. The van der Waals surface area contributed by atoms with Crippen LogP contribution in [0.3, 0.4) is 0 Å². The van der Waals surface area contributed by atoms with Gasteiger partial charge in [0.15, 0.2) is 0 Å². The summed E-state index contributed by atoms with van der Waals surface area (Å²) in [5.41, 5.74) is 6.66. The maximum atomic E-state index is 8.47. The lowest BCUT2D eigenvalue weighted by atomic mass is 10.1. The third kappa shape index (κ3) is 3.90. The van der Waals surface area contributed by atoms with Crippen molar-refractivity contribution in [2.75, 3.05) is 13.1 Å². The molecule has 1 unspecified atom stereocenters. The molecule has 6 heteroatoms. The summed E-state index contributed by atoms with van der Waals surface area (Å²) in [7, 11) is 1.90. The fourth-order valence-electron chi connectivity index (χ4n) is 1.36. The average Bonchev–Trinajstić information content (AvgIpc) is 2.69. The largest absolute Gasteiger partial charge is 0.409 e. The summed E-state index contributed by atoms with van der Waals surface area (Å²) in [4.78, 5) is 0. The van der Waals surface area contributed by atoms with Crippen molar-refractivity contribution in [2.45, 2.75) is 13.3 Å². The van der Waals surface area contributed by atoms with E-state index in [9.17, 15) is 0 Å². The van der Waals surface area contributed by atoms with Gasteiger partial charge in [0.25, 0.3) is 0 Å². The van der Waals surface area contributed by atoms with E-state index in [1.807, 2.05) is 26.4 Å². The number of nitrogens with one attached hydrogen (secondary N) is 1. The fraction of sp³-hybridized carbons (Fsp3) is 0.600. The molecular formula is C10H19N5O. The van der Waals surface area contributed by atoms with Crippen molar-refractivity contribution in [2.24, 2.45) is 23.9 Å². The van der Waals surface area contributed by atoms with Gasteiger partial charge >= 0.3 is 0 Å². The summed E-state index contributed by atoms with van der Waals surface area (Å²) in [6.45, 7) is 3.47. The Bertz CT molecular complexity index is 347. The first-order valence-electron chi connectivity index (χ1n) is 5.29. The summed E-state index contributed by atoms with van der Waals surface area (Å²) in [6.07, 6.45) is 4.78. The van der Waals surface area contributed by atoms with Gasteiger partial charge in [-0.25, -0.2) is 0 Å². The third-order valence-electron chi connectivity index (χ3n) is 2.42. The van der Waals surface area contributed by atoms with Crippen LogP contribution in [0, 0.1) is 5.92 Å². The number of nitrogens with zero attached hydrogens (tertiary/aromatic N) is 3. The molecule has 90 valence electrons. The van der Waals surface area contributed by atoms with Crippen molar-refractivity contribution in [1.82, 2.24) is 15.1 Å². The van der Waals surface area contributed by atoms with Crippen molar-refractivity contribution in [3.8, 4) is 0 Å². The lowest BCUT2D eigenvalue weighted by molar-refractivity contribution is 0.314. The molecule has 0 bridgehead atoms. The smallest absolute Gasteiger partial charge is 0.143 e. The van der Waals surface area contributed by atoms with E-state index in [0.29, 0.717) is 6.54 Å². The van der Waals surface area contributed by atoms with E-state index in [2.05, 4.69) is 15.6 Å². The molecule has 1 aromatic rings. The highest BCUT2D eigenvalue weighted by atomic mass is 16.4. The van der Waals surface area contributed by atoms with Gasteiger partial charge in [0.1, 0.15) is 5.84 Å². The zero-order valence-corrected chi connectivity index (χ0v) is 9.72. The van der Waals surface area contributed by atoms with Gasteiger partial charge in [-0.2, -0.15) is 5.10 Å². The Labute approximate surface area is 95.1 Å². The Hall–Kier alpha value is -1.56. The Balaban J connectivity index is 2.17. The third-order valence-corrected chi connectivity index (χ3v) is 2.42. The zero-order valence-electron chi connectivity index (χ0n) is 9.72. The topological polar surface area (TPSA) is 88.5 Å². The lowest BCUT2D eigenvalue weighted by Gasteiger charge is -2.10. The molecule has 1 rings (SSSR count). The molecule has 0 aromatic carbocycles. The molecule has 0 saturated carbocycles. The van der Waals surface area contributed by atoms with Crippen molar-refractivity contribution >= 4 is 5.84 Å². The Morgan fingerprint density at radius 3 is 3.06 bits per heavy atom. The highest BCUT2D eigenvalue weighted by molar-refractivity contribution is 5.82. The number of oxime groups is 1. The minimum absolute atomic E-state index is 0.0406. The predicted octanol–water partition coefficient (Wildman–Crippen LogP) is -0.0653. The van der Waals surface area contributed by atoms with Gasteiger partial charge in [-0.15, -0.1) is 0 Å². The second-order valence-corrected chi connectivity index (χ2v) is 3.90. The first-order valence-corrected chi connectivity index (χ1v) is 5.29. The molecule has 0 amide bonds. The molecule has 1 atom stereocenters. The summed E-state index contributed by atoms with van der Waals surface area (Å²) < 4.78 is 1.79. The first-order chi connectivity index (χ1) is 7.63. The molecule has 0 saturated heterocycles. The van der Waals surface area contributed by atoms with Crippen LogP contribution in [0.25, 0.3) is 0 Å². The van der Waals surface area contributed by atoms with Gasteiger partial charge < -0.3 is 16.3 Å². The summed E-state index contributed by atoms with van der Waals surface area (Å²) in [5.74, 6) is 0.299. The number of amidine groups is 1. The van der Waals surface area contributed by atoms with E-state index < -0.39 is 0 Å². The minimum Gasteiger partial charge on any atom is -0.409 e. The quantitative estimate of drug-likeness (QED) is 0.208. The summed E-state index contributed by atoms with van der Waals surface area (Å²) in [6, 6.07) is 0. The molecule has 0 aliphatic carbocycles. The second kappa shape index (κ2) is 6.12. The van der Waals surface area contributed by atoms with Gasteiger partial charge in [-0.3, -0.25) is 4.68 Å². The number of aromatic nitrogens is 2. The van der Waals surface area contributed by atoms with Crippen LogP contribution in [-0.4, -0.2) is 33.9 Å². The molecule has 1 aromatic heterocycles. The van der Waals surface area contributed by atoms with Crippen molar-refractivity contribution in [3.63, 3.8) is 0 Å². The molecule has 0 aliphatic rings. The Kier molecular flexibility index (Phi) is 4.78. The number of rotatable bonds is 6. The fourth-order valence-corrected chi connectivity index (χ4v) is 1.36. The zero-order chi connectivity index (χ0) is 12.0. The van der Waals surface area contributed by atoms with Gasteiger partial charge in [0.05, 0.1) is 6.20 Å². The van der Waals surface area contributed by atoms with E-state index in [4.69, 9.17) is 10.9 Å². The molecule has 0 aliphatic heterocycles. The van der Waals surface area contributed by atoms with Crippen molar-refractivity contribution in [3.05, 3.63) is 18.0 Å². The van der Waals surface area contributed by atoms with Crippen LogP contribution in [-0.2, 0) is 13.5 Å². The highest BCUT2D eigenvalue weighted by Gasteiger charge is 2.06. The van der Waals surface area contributed by atoms with E-state index in [1.165, 1.54) is 5.56 Å². The summed E-state index contributed by atoms with van der Waals surface area (Å²) in [5, 5.41) is 18.8. The minimum atomic E-state index is 0.0406. The molecule has 16 heavy (non-hydrogen) atoms. The molecule has 0 spiro atoms. The molecule has 4 N–H and O–H groups in total. The van der Waals surface area contributed by atoms with Crippen LogP contribution in [0.1, 0.15) is 12.5 Å². The van der Waals surface area contributed by atoms with Crippen LogP contribution in [0.4, 0.5) is 0 Å². The van der Waals surface area contributed by atoms with Gasteiger partial charge in [-0.05, 0) is 18.5 Å². The number of hydrogen-bond acceptors (Lipinski definition) is 4. The van der Waals surface area contributed by atoms with Crippen LogP contribution in [0.15, 0.2) is 17.5 Å². The van der Waals surface area contributed by atoms with Crippen molar-refractivity contribution < 1.29 is 5.21 Å². The normalized spacial score (nSPS) is 14.0. The molecule has 0 fully saturated rings. The SMILES string of the molecule is CC(CNCCc1cnn(C)c1)C(N)=NO. The standard InChI is InChI=1S/C10H19N5O/c1-8(10(11)14-16)5-12-4-3-9-6-13-15(2)7-9/h6-8,12,16H,3-5H2,1-2H3,(H2,11,14). The maximum Gasteiger partial charge on any atom is 0.143 e. The highest BCUT2D eigenvalue weighted by Crippen LogP contribution is 1.97. The van der Waals surface area contributed by atoms with Crippen LogP contribution in [0.2, 0.25) is 0 Å². The second-order valence-electron chi connectivity index (χ2n) is 3.90. The lowest BCUT2D eigenvalue weighted by Crippen LogP contribution is -2.32. The van der Waals surface area contributed by atoms with E-state index in [0.717, 1.165) is 13.0 Å². The maximum absolute atomic E-state index is 8.47. The molecule has 6 nitrogen and oxygen atoms in total. The number of hydrogen-bond donors (Lipinski definition) is 3. The Morgan fingerprint density at radius 1 is 1.75 bits per heavy atom. The number of nitrogens with two attached hydrogens (primary N) is 1.